The van der Waals surface area contributed by atoms with Gasteiger partial charge in [-0.2, -0.15) is 9.67 Å². The fourth-order valence-electron chi connectivity index (χ4n) is 1.76. The van der Waals surface area contributed by atoms with E-state index in [-0.39, 0.29) is 28.8 Å². The molecule has 98 valence electrons. The summed E-state index contributed by atoms with van der Waals surface area (Å²) in [4.78, 5) is 16.4. The van der Waals surface area contributed by atoms with E-state index in [1.54, 1.807) is 22.8 Å². The van der Waals surface area contributed by atoms with Gasteiger partial charge in [-0.05, 0) is 49.0 Å². The molecular formula is C12H10ClN3O2S. The van der Waals surface area contributed by atoms with E-state index in [1.165, 1.54) is 10.9 Å². The topological polar surface area (TPSA) is 52.4 Å². The van der Waals surface area contributed by atoms with E-state index in [0.29, 0.717) is 5.65 Å². The molecule has 7 heteroatoms. The van der Waals surface area contributed by atoms with Crippen molar-refractivity contribution < 1.29 is 9.21 Å². The van der Waals surface area contributed by atoms with Crippen LogP contribution in [0.2, 0.25) is 0 Å². The van der Waals surface area contributed by atoms with Gasteiger partial charge in [-0.3, -0.25) is 4.79 Å². The monoisotopic (exact) mass is 295 g/mol. The van der Waals surface area contributed by atoms with Gasteiger partial charge in [-0.25, -0.2) is 4.52 Å². The van der Waals surface area contributed by atoms with Crippen molar-refractivity contribution in [2.75, 3.05) is 0 Å². The Kier molecular flexibility index (Phi) is 3.55. The molecule has 0 unspecified atom stereocenters. The molecule has 3 rings (SSSR count). The molecule has 0 atom stereocenters. The van der Waals surface area contributed by atoms with Crippen LogP contribution in [0, 0.1) is 11.7 Å². The first kappa shape index (κ1) is 13.5. The smallest absolute Gasteiger partial charge is 0.315 e. The fraction of sp³-hybridized carbons (Fsp3) is 0.0833. The van der Waals surface area contributed by atoms with Crippen molar-refractivity contribution in [3.05, 3.63) is 52.8 Å². The van der Waals surface area contributed by atoms with Crippen molar-refractivity contribution in [3.63, 3.8) is 0 Å². The number of furan rings is 1. The van der Waals surface area contributed by atoms with Crippen molar-refractivity contribution in [1.29, 1.82) is 0 Å². The van der Waals surface area contributed by atoms with Gasteiger partial charge in [0.1, 0.15) is 0 Å². The lowest BCUT2D eigenvalue weighted by atomic mass is 10.3. The quantitative estimate of drug-likeness (QED) is 0.648. The van der Waals surface area contributed by atoms with Crippen LogP contribution in [-0.4, -0.2) is 20.1 Å². The molecule has 0 amide bonds. The second-order valence-electron chi connectivity index (χ2n) is 3.90. The molecule has 0 aliphatic heterocycles. The Morgan fingerprint density at radius 1 is 1.42 bits per heavy atom. The minimum Gasteiger partial charge on any atom is -0.459 e. The number of pyridine rings is 1. The van der Waals surface area contributed by atoms with Crippen molar-refractivity contribution in [2.24, 2.45) is 0 Å². The van der Waals surface area contributed by atoms with Crippen LogP contribution in [0.25, 0.3) is 5.65 Å². The number of carbonyl (C=O) groups excluding carboxylic acids is 1. The molecule has 0 aromatic carbocycles. The average Bonchev–Trinajstić information content (AvgIpc) is 2.94. The van der Waals surface area contributed by atoms with E-state index in [9.17, 15) is 4.79 Å². The van der Waals surface area contributed by atoms with Gasteiger partial charge < -0.3 is 4.42 Å². The van der Waals surface area contributed by atoms with Crippen molar-refractivity contribution in [3.8, 4) is 0 Å². The number of rotatable bonds is 1. The van der Waals surface area contributed by atoms with E-state index in [0.717, 1.165) is 5.56 Å². The molecule has 0 fully saturated rings. The summed E-state index contributed by atoms with van der Waals surface area (Å²) in [7, 11) is 0. The van der Waals surface area contributed by atoms with Crippen LogP contribution in [0.1, 0.15) is 16.1 Å². The highest BCUT2D eigenvalue weighted by molar-refractivity contribution is 7.71. The summed E-state index contributed by atoms with van der Waals surface area (Å²) in [6, 6.07) is 7.00. The van der Waals surface area contributed by atoms with E-state index in [2.05, 4.69) is 4.98 Å². The number of aromatic nitrogens is 3. The van der Waals surface area contributed by atoms with Crippen LogP contribution in [0.3, 0.4) is 0 Å². The summed E-state index contributed by atoms with van der Waals surface area (Å²) in [5.41, 5.74) is 1.69. The van der Waals surface area contributed by atoms with Gasteiger partial charge in [0.25, 0.3) is 0 Å². The normalized spacial score (nSPS) is 10.4. The van der Waals surface area contributed by atoms with Crippen LogP contribution in [0.4, 0.5) is 0 Å². The highest BCUT2D eigenvalue weighted by Gasteiger charge is 2.16. The van der Waals surface area contributed by atoms with Gasteiger partial charge in [0, 0.05) is 6.20 Å². The van der Waals surface area contributed by atoms with Crippen LogP contribution in [-0.2, 0) is 0 Å². The average molecular weight is 296 g/mol. The van der Waals surface area contributed by atoms with Gasteiger partial charge >= 0.3 is 5.91 Å². The second-order valence-corrected chi connectivity index (χ2v) is 4.26. The Morgan fingerprint density at radius 3 is 2.89 bits per heavy atom. The Labute approximate surface area is 119 Å². The lowest BCUT2D eigenvalue weighted by Crippen LogP contribution is -2.16. The number of aryl methyl sites for hydroxylation is 1. The Morgan fingerprint density at radius 2 is 2.21 bits per heavy atom. The number of halogens is 1. The molecule has 0 saturated carbocycles. The largest absolute Gasteiger partial charge is 0.459 e. The van der Waals surface area contributed by atoms with Gasteiger partial charge in [0.05, 0.1) is 6.26 Å². The Hall–Kier alpha value is -1.92. The van der Waals surface area contributed by atoms with Gasteiger partial charge in [-0.1, -0.05) is 0 Å². The molecule has 0 spiro atoms. The zero-order valence-electron chi connectivity index (χ0n) is 9.94. The third-order valence-electron chi connectivity index (χ3n) is 2.60. The van der Waals surface area contributed by atoms with Crippen LogP contribution >= 0.6 is 24.6 Å². The summed E-state index contributed by atoms with van der Waals surface area (Å²) in [6.45, 7) is 1.95. The summed E-state index contributed by atoms with van der Waals surface area (Å²) < 4.78 is 8.22. The molecule has 0 aliphatic carbocycles. The molecule has 19 heavy (non-hydrogen) atoms. The van der Waals surface area contributed by atoms with Crippen LogP contribution < -0.4 is 0 Å². The summed E-state index contributed by atoms with van der Waals surface area (Å²) in [5, 5.41) is 0. The van der Waals surface area contributed by atoms with Crippen molar-refractivity contribution in [2.45, 2.75) is 6.92 Å². The van der Waals surface area contributed by atoms with Gasteiger partial charge in [0.2, 0.25) is 4.77 Å². The Balaban J connectivity index is 0.00000133. The van der Waals surface area contributed by atoms with Gasteiger partial charge in [0.15, 0.2) is 11.4 Å². The van der Waals surface area contributed by atoms with Crippen molar-refractivity contribution in [1.82, 2.24) is 14.2 Å². The third-order valence-corrected chi connectivity index (χ3v) is 2.87. The summed E-state index contributed by atoms with van der Waals surface area (Å²) >= 11 is 5.11. The zero-order chi connectivity index (χ0) is 12.7. The molecule has 0 radical (unpaired) electrons. The fourth-order valence-corrected chi connectivity index (χ4v) is 2.03. The van der Waals surface area contributed by atoms with Crippen LogP contribution in [0.5, 0.6) is 0 Å². The van der Waals surface area contributed by atoms with Crippen LogP contribution in [0.15, 0.2) is 41.1 Å². The first-order valence-corrected chi connectivity index (χ1v) is 5.74. The number of carbonyl (C=O) groups is 1. The maximum absolute atomic E-state index is 12.2. The summed E-state index contributed by atoms with van der Waals surface area (Å²) in [6.07, 6.45) is 3.21. The predicted molar refractivity (Wildman–Crippen MR) is 74.4 cm³/mol. The molecule has 0 saturated heterocycles. The maximum atomic E-state index is 12.2. The van der Waals surface area contributed by atoms with E-state index < -0.39 is 0 Å². The van der Waals surface area contributed by atoms with E-state index in [4.69, 9.17) is 16.6 Å². The SMILES string of the molecule is Cc1ccn2c(c1)nc(=S)n2C(=O)c1ccco1.Cl. The molecule has 3 heterocycles. The standard InChI is InChI=1S/C12H9N3O2S.ClH/c1-8-4-5-14-10(7-8)13-12(18)15(14)11(16)9-3-2-6-17-9;/h2-7H,1H3;1H. The maximum Gasteiger partial charge on any atom is 0.315 e. The number of hydrogen-bond donors (Lipinski definition) is 0. The van der Waals surface area contributed by atoms with E-state index in [1.807, 2.05) is 19.1 Å². The third kappa shape index (κ3) is 2.20. The molecule has 0 N–H and O–H groups in total. The Bertz CT molecular complexity index is 789. The number of hydrogen-bond acceptors (Lipinski definition) is 4. The molecule has 0 bridgehead atoms. The lowest BCUT2D eigenvalue weighted by molar-refractivity contribution is 0.0910. The number of fused-ring (bicyclic) bond motifs is 1. The first-order chi connectivity index (χ1) is 8.66. The first-order valence-electron chi connectivity index (χ1n) is 5.33. The van der Waals surface area contributed by atoms with Crippen molar-refractivity contribution >= 4 is 36.2 Å². The molecule has 3 aromatic heterocycles. The zero-order valence-corrected chi connectivity index (χ0v) is 11.6. The summed E-state index contributed by atoms with van der Waals surface area (Å²) in [5.74, 6) is -0.102. The minimum atomic E-state index is -0.332. The predicted octanol–water partition coefficient (Wildman–Crippen LogP) is 2.88. The highest BCUT2D eigenvalue weighted by Crippen LogP contribution is 2.09. The number of nitrogens with zero attached hydrogens (tertiary/aromatic N) is 3. The molecular weight excluding hydrogens is 286 g/mol. The van der Waals surface area contributed by atoms with Gasteiger partial charge in [-0.15, -0.1) is 12.4 Å². The minimum absolute atomic E-state index is 0. The lowest BCUT2D eigenvalue weighted by Gasteiger charge is -2.02. The second kappa shape index (κ2) is 4.99. The highest BCUT2D eigenvalue weighted by atomic mass is 35.5. The molecule has 3 aromatic rings. The molecule has 5 nitrogen and oxygen atoms in total. The molecule has 0 aliphatic rings. The van der Waals surface area contributed by atoms with E-state index >= 15 is 0 Å².